The van der Waals surface area contributed by atoms with Crippen LogP contribution in [0.2, 0.25) is 0 Å². The van der Waals surface area contributed by atoms with Gasteiger partial charge in [0.2, 0.25) is 0 Å². The zero-order valence-electron chi connectivity index (χ0n) is 15.8. The standard InChI is InChI=1S/C19H35N5.HI/c1-2-20-19(22-12-18-24-16-9-10-17-24)21-11-5-3-6-13-23-14-7-4-8-15-23;/h9-10,16-17H,2-8,11-15,18H2,1H3,(H2,20,21,22);1H. The summed E-state index contributed by atoms with van der Waals surface area (Å²) >= 11 is 0. The molecule has 1 fully saturated rings. The number of halogens is 1. The topological polar surface area (TPSA) is 44.6 Å². The Balaban J connectivity index is 0.00000312. The number of guanidine groups is 1. The number of aromatic nitrogens is 1. The second-order valence-corrected chi connectivity index (χ2v) is 6.57. The number of piperidine rings is 1. The number of unbranched alkanes of at least 4 members (excludes halogenated alkanes) is 2. The highest BCUT2D eigenvalue weighted by atomic mass is 127. The molecule has 5 nitrogen and oxygen atoms in total. The lowest BCUT2D eigenvalue weighted by molar-refractivity contribution is 0.224. The maximum Gasteiger partial charge on any atom is 0.191 e. The van der Waals surface area contributed by atoms with E-state index in [2.05, 4.69) is 56.5 Å². The summed E-state index contributed by atoms with van der Waals surface area (Å²) in [5.74, 6) is 0.945. The lowest BCUT2D eigenvalue weighted by atomic mass is 10.1. The first-order chi connectivity index (χ1) is 11.9. The Kier molecular flexibility index (Phi) is 12.8. The molecule has 2 rings (SSSR count). The molecule has 1 aliphatic heterocycles. The van der Waals surface area contributed by atoms with Gasteiger partial charge in [-0.25, -0.2) is 0 Å². The number of likely N-dealkylation sites (tertiary alicyclic amines) is 1. The summed E-state index contributed by atoms with van der Waals surface area (Å²) in [7, 11) is 0. The SMILES string of the molecule is CCNC(=NCCCCCN1CCCCC1)NCCn1cccc1.I. The summed E-state index contributed by atoms with van der Waals surface area (Å²) in [6.45, 7) is 9.70. The second-order valence-electron chi connectivity index (χ2n) is 6.57. The molecule has 6 heteroatoms. The Morgan fingerprint density at radius 1 is 0.960 bits per heavy atom. The van der Waals surface area contributed by atoms with Gasteiger partial charge in [-0.1, -0.05) is 12.8 Å². The maximum atomic E-state index is 4.69. The highest BCUT2D eigenvalue weighted by molar-refractivity contribution is 14.0. The van der Waals surface area contributed by atoms with Gasteiger partial charge in [-0.2, -0.15) is 0 Å². The van der Waals surface area contributed by atoms with E-state index in [0.717, 1.165) is 32.1 Å². The molecule has 0 spiro atoms. The molecule has 0 unspecified atom stereocenters. The molecule has 0 aliphatic carbocycles. The summed E-state index contributed by atoms with van der Waals surface area (Å²) in [4.78, 5) is 7.31. The van der Waals surface area contributed by atoms with Crippen LogP contribution in [-0.4, -0.2) is 54.7 Å². The van der Waals surface area contributed by atoms with Crippen LogP contribution in [0.25, 0.3) is 0 Å². The van der Waals surface area contributed by atoms with Gasteiger partial charge in [0, 0.05) is 38.6 Å². The minimum absolute atomic E-state index is 0. The Bertz CT molecular complexity index is 441. The fourth-order valence-electron chi connectivity index (χ4n) is 3.16. The second kappa shape index (κ2) is 14.4. The minimum Gasteiger partial charge on any atom is -0.357 e. The molecule has 1 aromatic heterocycles. The van der Waals surface area contributed by atoms with E-state index in [-0.39, 0.29) is 24.0 Å². The molecule has 1 saturated heterocycles. The molecule has 0 aromatic carbocycles. The van der Waals surface area contributed by atoms with Crippen LogP contribution in [0, 0.1) is 0 Å². The van der Waals surface area contributed by atoms with Crippen LogP contribution in [-0.2, 0) is 6.54 Å². The fraction of sp³-hybridized carbons (Fsp3) is 0.737. The van der Waals surface area contributed by atoms with Gasteiger partial charge in [0.25, 0.3) is 0 Å². The van der Waals surface area contributed by atoms with Gasteiger partial charge in [0.1, 0.15) is 0 Å². The van der Waals surface area contributed by atoms with E-state index in [1.165, 1.54) is 58.2 Å². The van der Waals surface area contributed by atoms with Crippen molar-refractivity contribution in [2.45, 2.75) is 52.0 Å². The summed E-state index contributed by atoms with van der Waals surface area (Å²) < 4.78 is 2.18. The number of nitrogens with one attached hydrogen (secondary N) is 2. The van der Waals surface area contributed by atoms with E-state index in [1.807, 2.05) is 0 Å². The van der Waals surface area contributed by atoms with Gasteiger partial charge in [-0.05, 0) is 64.4 Å². The lowest BCUT2D eigenvalue weighted by Gasteiger charge is -2.26. The van der Waals surface area contributed by atoms with Gasteiger partial charge in [-0.15, -0.1) is 24.0 Å². The van der Waals surface area contributed by atoms with Gasteiger partial charge in [-0.3, -0.25) is 4.99 Å². The van der Waals surface area contributed by atoms with Gasteiger partial charge in [0.15, 0.2) is 5.96 Å². The smallest absolute Gasteiger partial charge is 0.191 e. The van der Waals surface area contributed by atoms with Crippen molar-refractivity contribution < 1.29 is 0 Å². The highest BCUT2D eigenvalue weighted by Crippen LogP contribution is 2.09. The molecule has 0 atom stereocenters. The number of nitrogens with zero attached hydrogens (tertiary/aromatic N) is 3. The number of hydrogen-bond donors (Lipinski definition) is 2. The molecule has 25 heavy (non-hydrogen) atoms. The monoisotopic (exact) mass is 461 g/mol. The number of aliphatic imine (C=N–C) groups is 1. The first-order valence-corrected chi connectivity index (χ1v) is 9.74. The van der Waals surface area contributed by atoms with E-state index in [9.17, 15) is 0 Å². The normalized spacial score (nSPS) is 15.6. The first-order valence-electron chi connectivity index (χ1n) is 9.74. The largest absolute Gasteiger partial charge is 0.357 e. The Morgan fingerprint density at radius 3 is 2.44 bits per heavy atom. The lowest BCUT2D eigenvalue weighted by Crippen LogP contribution is -2.38. The van der Waals surface area contributed by atoms with Crippen LogP contribution in [0.15, 0.2) is 29.5 Å². The molecule has 1 aliphatic rings. The van der Waals surface area contributed by atoms with Gasteiger partial charge < -0.3 is 20.1 Å². The van der Waals surface area contributed by atoms with Crippen molar-refractivity contribution in [3.63, 3.8) is 0 Å². The molecular weight excluding hydrogens is 425 g/mol. The van der Waals surface area contributed by atoms with E-state index in [0.29, 0.717) is 0 Å². The van der Waals surface area contributed by atoms with Crippen LogP contribution in [0.3, 0.4) is 0 Å². The molecule has 0 amide bonds. The summed E-state index contributed by atoms with van der Waals surface area (Å²) in [5, 5.41) is 6.74. The maximum absolute atomic E-state index is 4.69. The van der Waals surface area contributed by atoms with Gasteiger partial charge in [0.05, 0.1) is 0 Å². The Hall–Kier alpha value is -0.760. The van der Waals surface area contributed by atoms with Crippen molar-refractivity contribution in [1.29, 1.82) is 0 Å². The summed E-state index contributed by atoms with van der Waals surface area (Å²) in [6.07, 6.45) is 12.2. The van der Waals surface area contributed by atoms with E-state index in [1.54, 1.807) is 0 Å². The fourth-order valence-corrected chi connectivity index (χ4v) is 3.16. The third kappa shape index (κ3) is 10.1. The third-order valence-corrected chi connectivity index (χ3v) is 4.52. The number of rotatable bonds is 10. The first kappa shape index (κ1) is 22.3. The zero-order valence-corrected chi connectivity index (χ0v) is 18.1. The molecule has 0 saturated carbocycles. The summed E-state index contributed by atoms with van der Waals surface area (Å²) in [6, 6.07) is 4.12. The van der Waals surface area contributed by atoms with Crippen LogP contribution in [0.5, 0.6) is 0 Å². The quantitative estimate of drug-likeness (QED) is 0.243. The van der Waals surface area contributed by atoms with Crippen LogP contribution in [0.4, 0.5) is 0 Å². The predicted octanol–water partition coefficient (Wildman–Crippen LogP) is 3.32. The molecule has 1 aromatic rings. The van der Waals surface area contributed by atoms with Crippen LogP contribution >= 0.6 is 24.0 Å². The third-order valence-electron chi connectivity index (χ3n) is 4.52. The predicted molar refractivity (Wildman–Crippen MR) is 118 cm³/mol. The zero-order chi connectivity index (χ0) is 16.9. The van der Waals surface area contributed by atoms with E-state index in [4.69, 9.17) is 0 Å². The van der Waals surface area contributed by atoms with Crippen molar-refractivity contribution in [3.8, 4) is 0 Å². The van der Waals surface area contributed by atoms with Gasteiger partial charge >= 0.3 is 0 Å². The average molecular weight is 461 g/mol. The average Bonchev–Trinajstić information content (AvgIpc) is 3.12. The molecule has 2 N–H and O–H groups in total. The summed E-state index contributed by atoms with van der Waals surface area (Å²) in [5.41, 5.74) is 0. The van der Waals surface area contributed by atoms with Crippen molar-refractivity contribution in [2.24, 2.45) is 4.99 Å². The van der Waals surface area contributed by atoms with Crippen molar-refractivity contribution in [2.75, 3.05) is 39.3 Å². The molecule has 0 bridgehead atoms. The highest BCUT2D eigenvalue weighted by Gasteiger charge is 2.08. The molecule has 2 heterocycles. The van der Waals surface area contributed by atoms with Crippen LogP contribution in [0.1, 0.15) is 45.4 Å². The molecule has 144 valence electrons. The van der Waals surface area contributed by atoms with E-state index < -0.39 is 0 Å². The van der Waals surface area contributed by atoms with Crippen molar-refractivity contribution in [1.82, 2.24) is 20.1 Å². The Labute approximate surface area is 170 Å². The molecule has 0 radical (unpaired) electrons. The van der Waals surface area contributed by atoms with E-state index >= 15 is 0 Å². The minimum atomic E-state index is 0. The van der Waals surface area contributed by atoms with Crippen LogP contribution < -0.4 is 10.6 Å². The Morgan fingerprint density at radius 2 is 1.72 bits per heavy atom. The number of hydrogen-bond acceptors (Lipinski definition) is 2. The molecular formula is C19H36IN5. The van der Waals surface area contributed by atoms with Crippen molar-refractivity contribution in [3.05, 3.63) is 24.5 Å². The van der Waals surface area contributed by atoms with Crippen molar-refractivity contribution >= 4 is 29.9 Å².